The van der Waals surface area contributed by atoms with E-state index in [9.17, 15) is 25.0 Å². The molecule has 0 heterocycles. The van der Waals surface area contributed by atoms with Gasteiger partial charge in [-0.1, -0.05) is 82.6 Å². The lowest BCUT2D eigenvalue weighted by atomic mass is 9.92. The third-order valence-corrected chi connectivity index (χ3v) is 6.56. The summed E-state index contributed by atoms with van der Waals surface area (Å²) in [6, 6.07) is 11.3. The zero-order valence-electron chi connectivity index (χ0n) is 22.4. The van der Waals surface area contributed by atoms with E-state index >= 15 is 0 Å². The Balaban J connectivity index is 1.81. The smallest absolute Gasteiger partial charge is 0.318 e. The lowest BCUT2D eigenvalue weighted by Crippen LogP contribution is -2.19. The number of nitro benzene ring substituents is 2. The number of benzene rings is 2. The van der Waals surface area contributed by atoms with Crippen molar-refractivity contribution in [3.05, 3.63) is 86.5 Å². The van der Waals surface area contributed by atoms with Crippen LogP contribution in [-0.4, -0.2) is 15.8 Å². The minimum atomic E-state index is -0.580. The fourth-order valence-electron chi connectivity index (χ4n) is 4.31. The van der Waals surface area contributed by atoms with E-state index in [0.29, 0.717) is 12.0 Å². The number of ether oxygens (including phenoxy) is 1. The van der Waals surface area contributed by atoms with Crippen molar-refractivity contribution in [3.8, 4) is 5.75 Å². The van der Waals surface area contributed by atoms with Crippen LogP contribution in [0.2, 0.25) is 0 Å². The Kier molecular flexibility index (Phi) is 14.4. The second kappa shape index (κ2) is 17.8. The predicted molar refractivity (Wildman–Crippen MR) is 149 cm³/mol. The van der Waals surface area contributed by atoms with Gasteiger partial charge in [-0.15, -0.1) is 0 Å². The minimum Gasteiger partial charge on any atom is -0.426 e. The lowest BCUT2D eigenvalue weighted by Gasteiger charge is -2.16. The zero-order valence-corrected chi connectivity index (χ0v) is 22.4. The Morgan fingerprint density at radius 1 is 0.737 bits per heavy atom. The first-order valence-corrected chi connectivity index (χ1v) is 13.8. The maximum Gasteiger partial charge on any atom is 0.318 e. The Labute approximate surface area is 225 Å². The number of nitrogens with zero attached hydrogens (tertiary/aromatic N) is 2. The molecule has 1 unspecified atom stereocenters. The van der Waals surface area contributed by atoms with Crippen LogP contribution in [0.3, 0.4) is 0 Å². The molecule has 0 aliphatic heterocycles. The molecule has 206 valence electrons. The summed E-state index contributed by atoms with van der Waals surface area (Å²) in [5.41, 5.74) is 0.523. The number of nitro groups is 2. The average Bonchev–Trinajstić information content (AvgIpc) is 2.91. The number of hydrogen-bond donors (Lipinski definition) is 0. The van der Waals surface area contributed by atoms with Crippen molar-refractivity contribution in [1.29, 1.82) is 0 Å². The molecule has 0 saturated heterocycles. The van der Waals surface area contributed by atoms with E-state index in [1.54, 1.807) is 12.1 Å². The highest BCUT2D eigenvalue weighted by molar-refractivity contribution is 5.80. The Morgan fingerprint density at radius 2 is 1.21 bits per heavy atom. The van der Waals surface area contributed by atoms with Gasteiger partial charge in [0, 0.05) is 24.3 Å². The summed E-state index contributed by atoms with van der Waals surface area (Å²) in [6.07, 6.45) is 19.2. The highest BCUT2D eigenvalue weighted by atomic mass is 16.6. The van der Waals surface area contributed by atoms with E-state index in [0.717, 1.165) is 38.5 Å². The summed E-state index contributed by atoms with van der Waals surface area (Å²) in [5.74, 6) is -0.839. The molecule has 0 saturated carbocycles. The van der Waals surface area contributed by atoms with Gasteiger partial charge < -0.3 is 4.74 Å². The van der Waals surface area contributed by atoms with Crippen LogP contribution in [0.5, 0.6) is 5.75 Å². The van der Waals surface area contributed by atoms with Crippen LogP contribution in [-0.2, 0) is 4.79 Å². The number of rotatable bonds is 19. The SMILES string of the molecule is CCCCCCCC/C=C\CCCCCCC(C(=O)Oc1ccc([N+](=O)[O-])cc1)c1ccc([N+](=O)[O-])cc1. The van der Waals surface area contributed by atoms with Crippen LogP contribution in [0.1, 0.15) is 102 Å². The number of allylic oxidation sites excluding steroid dienone is 2. The molecule has 8 nitrogen and oxygen atoms in total. The minimum absolute atomic E-state index is 0.0409. The third-order valence-electron chi connectivity index (χ3n) is 6.56. The molecule has 0 aromatic heterocycles. The number of unbranched alkanes of at least 4 members (excludes halogenated alkanes) is 10. The van der Waals surface area contributed by atoms with Crippen molar-refractivity contribution in [2.24, 2.45) is 0 Å². The van der Waals surface area contributed by atoms with Crippen LogP contribution in [0.4, 0.5) is 11.4 Å². The molecule has 0 aliphatic carbocycles. The van der Waals surface area contributed by atoms with E-state index in [1.807, 2.05) is 0 Å². The molecule has 2 rings (SSSR count). The molecule has 0 spiro atoms. The van der Waals surface area contributed by atoms with Gasteiger partial charge in [-0.2, -0.15) is 0 Å². The van der Waals surface area contributed by atoms with Crippen molar-refractivity contribution in [1.82, 2.24) is 0 Å². The summed E-state index contributed by atoms with van der Waals surface area (Å²) < 4.78 is 5.51. The van der Waals surface area contributed by atoms with Gasteiger partial charge in [0.1, 0.15) is 5.75 Å². The van der Waals surface area contributed by atoms with Crippen molar-refractivity contribution in [2.45, 2.75) is 96.3 Å². The predicted octanol–water partition coefficient (Wildman–Crippen LogP) is 8.84. The molecule has 0 radical (unpaired) electrons. The first kappa shape index (κ1) is 30.7. The van der Waals surface area contributed by atoms with Gasteiger partial charge in [0.15, 0.2) is 0 Å². The number of carbonyl (C=O) groups is 1. The fourth-order valence-corrected chi connectivity index (χ4v) is 4.31. The molecule has 0 fully saturated rings. The molecule has 0 amide bonds. The number of esters is 1. The quantitative estimate of drug-likeness (QED) is 0.0453. The topological polar surface area (TPSA) is 113 Å². The van der Waals surface area contributed by atoms with E-state index in [2.05, 4.69) is 19.1 Å². The summed E-state index contributed by atoms with van der Waals surface area (Å²) >= 11 is 0. The highest BCUT2D eigenvalue weighted by Crippen LogP contribution is 2.28. The van der Waals surface area contributed by atoms with Crippen LogP contribution in [0, 0.1) is 20.2 Å². The lowest BCUT2D eigenvalue weighted by molar-refractivity contribution is -0.385. The number of hydrogen-bond acceptors (Lipinski definition) is 6. The summed E-state index contributed by atoms with van der Waals surface area (Å²) in [5, 5.41) is 21.9. The summed E-state index contributed by atoms with van der Waals surface area (Å²) in [6.45, 7) is 2.23. The second-order valence-corrected chi connectivity index (χ2v) is 9.59. The highest BCUT2D eigenvalue weighted by Gasteiger charge is 2.23. The normalized spacial score (nSPS) is 11.9. The molecule has 0 bridgehead atoms. The second-order valence-electron chi connectivity index (χ2n) is 9.59. The van der Waals surface area contributed by atoms with Gasteiger partial charge in [-0.25, -0.2) is 0 Å². The van der Waals surface area contributed by atoms with E-state index in [-0.39, 0.29) is 17.1 Å². The fraction of sp³-hybridized carbons (Fsp3) is 0.500. The van der Waals surface area contributed by atoms with E-state index in [1.165, 1.54) is 74.9 Å². The molecular formula is C30H40N2O6. The zero-order chi connectivity index (χ0) is 27.6. The number of carbonyl (C=O) groups excluding carboxylic acids is 1. The first-order chi connectivity index (χ1) is 18.4. The Bertz CT molecular complexity index is 1020. The average molecular weight is 525 g/mol. The Hall–Kier alpha value is -3.55. The van der Waals surface area contributed by atoms with Crippen LogP contribution >= 0.6 is 0 Å². The maximum absolute atomic E-state index is 13.0. The third kappa shape index (κ3) is 11.7. The standard InChI is InChI=1S/C30H40N2O6/c1-2-3-4-5-6-7-8-9-10-11-12-13-14-15-16-29(25-17-19-26(20-18-25)31(34)35)30(33)38-28-23-21-27(22-24-28)32(36)37/h9-10,17-24,29H,2-8,11-16H2,1H3/b10-9-. The van der Waals surface area contributed by atoms with E-state index < -0.39 is 21.7 Å². The van der Waals surface area contributed by atoms with Crippen molar-refractivity contribution in [3.63, 3.8) is 0 Å². The van der Waals surface area contributed by atoms with Crippen LogP contribution in [0.25, 0.3) is 0 Å². The van der Waals surface area contributed by atoms with Gasteiger partial charge in [-0.05, 0) is 49.8 Å². The molecule has 8 heteroatoms. The first-order valence-electron chi connectivity index (χ1n) is 13.8. The Morgan fingerprint density at radius 3 is 1.74 bits per heavy atom. The largest absolute Gasteiger partial charge is 0.426 e. The maximum atomic E-state index is 13.0. The van der Waals surface area contributed by atoms with Crippen molar-refractivity contribution in [2.75, 3.05) is 0 Å². The molecule has 2 aromatic rings. The molecule has 0 N–H and O–H groups in total. The van der Waals surface area contributed by atoms with Gasteiger partial charge >= 0.3 is 5.97 Å². The van der Waals surface area contributed by atoms with Crippen LogP contribution < -0.4 is 4.74 Å². The van der Waals surface area contributed by atoms with Crippen molar-refractivity contribution >= 4 is 17.3 Å². The molecule has 1 atom stereocenters. The summed E-state index contributed by atoms with van der Waals surface area (Å²) in [4.78, 5) is 33.9. The number of non-ortho nitro benzene ring substituents is 2. The van der Waals surface area contributed by atoms with E-state index in [4.69, 9.17) is 4.74 Å². The molecule has 2 aromatic carbocycles. The molecule has 0 aliphatic rings. The van der Waals surface area contributed by atoms with Gasteiger partial charge in [0.05, 0.1) is 15.8 Å². The summed E-state index contributed by atoms with van der Waals surface area (Å²) in [7, 11) is 0. The van der Waals surface area contributed by atoms with Crippen molar-refractivity contribution < 1.29 is 19.4 Å². The van der Waals surface area contributed by atoms with Crippen LogP contribution in [0.15, 0.2) is 60.7 Å². The molecule has 38 heavy (non-hydrogen) atoms. The van der Waals surface area contributed by atoms with Gasteiger partial charge in [-0.3, -0.25) is 25.0 Å². The van der Waals surface area contributed by atoms with Gasteiger partial charge in [0.2, 0.25) is 0 Å². The van der Waals surface area contributed by atoms with Gasteiger partial charge in [0.25, 0.3) is 11.4 Å². The molecular weight excluding hydrogens is 484 g/mol. The monoisotopic (exact) mass is 524 g/mol.